The summed E-state index contributed by atoms with van der Waals surface area (Å²) >= 11 is 0. The van der Waals surface area contributed by atoms with E-state index in [9.17, 15) is 9.59 Å². The van der Waals surface area contributed by atoms with Crippen molar-refractivity contribution in [3.8, 4) is 0 Å². The molecule has 0 unspecified atom stereocenters. The number of fused-ring (bicyclic) bond motifs is 1. The number of rotatable bonds is 3. The van der Waals surface area contributed by atoms with Gasteiger partial charge in [0.1, 0.15) is 0 Å². The highest BCUT2D eigenvalue weighted by molar-refractivity contribution is 5.93. The molecular formula is C24H30ClN3O2. The molecule has 0 aromatic heterocycles. The zero-order chi connectivity index (χ0) is 20.4. The summed E-state index contributed by atoms with van der Waals surface area (Å²) in [6.45, 7) is 6.09. The van der Waals surface area contributed by atoms with Crippen LogP contribution in [0.2, 0.25) is 0 Å². The lowest BCUT2D eigenvalue weighted by Crippen LogP contribution is -2.52. The summed E-state index contributed by atoms with van der Waals surface area (Å²) in [5.74, 6) is 0.180. The Morgan fingerprint density at radius 1 is 1.00 bits per heavy atom. The molecule has 2 amide bonds. The van der Waals surface area contributed by atoms with Crippen molar-refractivity contribution in [3.05, 3.63) is 64.7 Å². The molecule has 2 N–H and O–H groups in total. The first kappa shape index (κ1) is 22.3. The van der Waals surface area contributed by atoms with Gasteiger partial charge in [0, 0.05) is 31.2 Å². The fourth-order valence-corrected chi connectivity index (χ4v) is 4.50. The molecule has 0 saturated carbocycles. The fraction of sp³-hybridized carbons (Fsp3) is 0.417. The SMILES string of the molecule is Cc1cc(C)cc(NC(=O)C2CCN(C(=O)[C@@H]3Cc4ccccc4CN3)CC2)c1.Cl. The molecule has 2 aliphatic rings. The van der Waals surface area contributed by atoms with E-state index in [0.717, 1.165) is 29.8 Å². The molecule has 2 aliphatic heterocycles. The van der Waals surface area contributed by atoms with Crippen LogP contribution < -0.4 is 10.6 Å². The molecular weight excluding hydrogens is 398 g/mol. The van der Waals surface area contributed by atoms with Gasteiger partial charge in [0.25, 0.3) is 0 Å². The number of carbonyl (C=O) groups is 2. The van der Waals surface area contributed by atoms with Gasteiger partial charge in [-0.05, 0) is 67.5 Å². The maximum atomic E-state index is 13.0. The normalized spacial score (nSPS) is 18.9. The molecule has 2 heterocycles. The van der Waals surface area contributed by atoms with Crippen molar-refractivity contribution in [2.24, 2.45) is 5.92 Å². The van der Waals surface area contributed by atoms with Crippen LogP contribution in [-0.2, 0) is 22.6 Å². The number of hydrogen-bond acceptors (Lipinski definition) is 3. The van der Waals surface area contributed by atoms with Crippen molar-refractivity contribution in [3.63, 3.8) is 0 Å². The Hall–Kier alpha value is -2.37. The van der Waals surface area contributed by atoms with Crippen molar-refractivity contribution >= 4 is 29.9 Å². The average Bonchev–Trinajstić information content (AvgIpc) is 2.72. The molecule has 0 bridgehead atoms. The van der Waals surface area contributed by atoms with Crippen LogP contribution in [0.5, 0.6) is 0 Å². The van der Waals surface area contributed by atoms with Crippen LogP contribution in [0.25, 0.3) is 0 Å². The summed E-state index contributed by atoms with van der Waals surface area (Å²) in [6, 6.07) is 14.2. The van der Waals surface area contributed by atoms with Crippen LogP contribution in [0, 0.1) is 19.8 Å². The number of piperidine rings is 1. The van der Waals surface area contributed by atoms with Gasteiger partial charge in [-0.25, -0.2) is 0 Å². The molecule has 2 aromatic carbocycles. The molecule has 0 radical (unpaired) electrons. The number of benzene rings is 2. The predicted octanol–water partition coefficient (Wildman–Crippen LogP) is 3.62. The van der Waals surface area contributed by atoms with Gasteiger partial charge >= 0.3 is 0 Å². The van der Waals surface area contributed by atoms with E-state index in [-0.39, 0.29) is 36.2 Å². The summed E-state index contributed by atoms with van der Waals surface area (Å²) in [7, 11) is 0. The first-order valence-corrected chi connectivity index (χ1v) is 10.5. The van der Waals surface area contributed by atoms with E-state index < -0.39 is 0 Å². The average molecular weight is 428 g/mol. The largest absolute Gasteiger partial charge is 0.341 e. The third kappa shape index (κ3) is 5.02. The molecule has 1 atom stereocenters. The minimum absolute atomic E-state index is 0. The summed E-state index contributed by atoms with van der Waals surface area (Å²) in [4.78, 5) is 27.6. The van der Waals surface area contributed by atoms with Gasteiger partial charge in [0.15, 0.2) is 0 Å². The van der Waals surface area contributed by atoms with Gasteiger partial charge in [-0.15, -0.1) is 12.4 Å². The molecule has 6 heteroatoms. The zero-order valence-electron chi connectivity index (χ0n) is 17.6. The van der Waals surface area contributed by atoms with Gasteiger partial charge in [-0.1, -0.05) is 30.3 Å². The molecule has 2 aromatic rings. The first-order chi connectivity index (χ1) is 14.0. The number of aryl methyl sites for hydroxylation is 2. The Labute approximate surface area is 184 Å². The van der Waals surface area contributed by atoms with Crippen LogP contribution in [0.4, 0.5) is 5.69 Å². The molecule has 160 valence electrons. The number of anilines is 1. The number of nitrogens with zero attached hydrogens (tertiary/aromatic N) is 1. The molecule has 0 aliphatic carbocycles. The van der Waals surface area contributed by atoms with Crippen LogP contribution in [0.3, 0.4) is 0 Å². The number of amides is 2. The van der Waals surface area contributed by atoms with E-state index in [1.165, 1.54) is 11.1 Å². The number of halogens is 1. The minimum atomic E-state index is -0.162. The standard InChI is InChI=1S/C24H29N3O2.ClH/c1-16-11-17(2)13-21(12-16)26-23(28)18-7-9-27(10-8-18)24(29)22-14-19-5-3-4-6-20(19)15-25-22;/h3-6,11-13,18,22,25H,7-10,14-15H2,1-2H3,(H,26,28);1H/t22-;/m0./s1. The summed E-state index contributed by atoms with van der Waals surface area (Å²) in [5.41, 5.74) is 5.67. The Morgan fingerprint density at radius 2 is 1.63 bits per heavy atom. The van der Waals surface area contributed by atoms with Gasteiger partial charge in [0.2, 0.25) is 11.8 Å². The van der Waals surface area contributed by atoms with Gasteiger partial charge in [-0.3, -0.25) is 9.59 Å². The Kier molecular flexibility index (Phi) is 7.16. The predicted molar refractivity (Wildman–Crippen MR) is 122 cm³/mol. The highest BCUT2D eigenvalue weighted by Gasteiger charge is 2.32. The number of hydrogen-bond donors (Lipinski definition) is 2. The molecule has 5 nitrogen and oxygen atoms in total. The Bertz CT molecular complexity index is 902. The van der Waals surface area contributed by atoms with Crippen LogP contribution in [0.15, 0.2) is 42.5 Å². The van der Waals surface area contributed by atoms with Gasteiger partial charge < -0.3 is 15.5 Å². The van der Waals surface area contributed by atoms with E-state index >= 15 is 0 Å². The summed E-state index contributed by atoms with van der Waals surface area (Å²) in [5, 5.41) is 6.44. The van der Waals surface area contributed by atoms with Crippen LogP contribution in [0.1, 0.15) is 35.1 Å². The topological polar surface area (TPSA) is 61.4 Å². The quantitative estimate of drug-likeness (QED) is 0.786. The minimum Gasteiger partial charge on any atom is -0.341 e. The van der Waals surface area contributed by atoms with Crippen LogP contribution >= 0.6 is 12.4 Å². The van der Waals surface area contributed by atoms with E-state index in [1.807, 2.05) is 43.0 Å². The zero-order valence-corrected chi connectivity index (χ0v) is 18.4. The van der Waals surface area contributed by atoms with Crippen molar-refractivity contribution in [1.82, 2.24) is 10.2 Å². The third-order valence-electron chi connectivity index (χ3n) is 6.05. The molecule has 0 spiro atoms. The van der Waals surface area contributed by atoms with Crippen molar-refractivity contribution < 1.29 is 9.59 Å². The number of nitrogens with one attached hydrogen (secondary N) is 2. The van der Waals surface area contributed by atoms with Crippen molar-refractivity contribution in [1.29, 1.82) is 0 Å². The smallest absolute Gasteiger partial charge is 0.240 e. The van der Waals surface area contributed by atoms with E-state index in [0.29, 0.717) is 25.9 Å². The highest BCUT2D eigenvalue weighted by atomic mass is 35.5. The van der Waals surface area contributed by atoms with Crippen molar-refractivity contribution in [2.75, 3.05) is 18.4 Å². The second-order valence-electron chi connectivity index (χ2n) is 8.37. The third-order valence-corrected chi connectivity index (χ3v) is 6.05. The molecule has 30 heavy (non-hydrogen) atoms. The van der Waals surface area contributed by atoms with Gasteiger partial charge in [-0.2, -0.15) is 0 Å². The maximum absolute atomic E-state index is 13.0. The molecule has 4 rings (SSSR count). The van der Waals surface area contributed by atoms with E-state index in [2.05, 4.69) is 28.8 Å². The lowest BCUT2D eigenvalue weighted by Gasteiger charge is -2.35. The Morgan fingerprint density at radius 3 is 2.30 bits per heavy atom. The lowest BCUT2D eigenvalue weighted by molar-refractivity contribution is -0.136. The Balaban J connectivity index is 0.00000256. The highest BCUT2D eigenvalue weighted by Crippen LogP contribution is 2.23. The lowest BCUT2D eigenvalue weighted by atomic mass is 9.92. The molecule has 1 saturated heterocycles. The van der Waals surface area contributed by atoms with Crippen LogP contribution in [-0.4, -0.2) is 35.8 Å². The van der Waals surface area contributed by atoms with Gasteiger partial charge in [0.05, 0.1) is 6.04 Å². The monoisotopic (exact) mass is 427 g/mol. The van der Waals surface area contributed by atoms with E-state index in [1.54, 1.807) is 0 Å². The summed E-state index contributed by atoms with van der Waals surface area (Å²) < 4.78 is 0. The second-order valence-corrected chi connectivity index (χ2v) is 8.37. The number of carbonyl (C=O) groups excluding carboxylic acids is 2. The van der Waals surface area contributed by atoms with Crippen molar-refractivity contribution in [2.45, 2.75) is 45.7 Å². The fourth-order valence-electron chi connectivity index (χ4n) is 4.50. The summed E-state index contributed by atoms with van der Waals surface area (Å²) in [6.07, 6.45) is 2.17. The maximum Gasteiger partial charge on any atom is 0.240 e. The van der Waals surface area contributed by atoms with E-state index in [4.69, 9.17) is 0 Å². The second kappa shape index (κ2) is 9.63. The number of likely N-dealkylation sites (tertiary alicyclic amines) is 1. The molecule has 1 fully saturated rings. The first-order valence-electron chi connectivity index (χ1n) is 10.5.